The summed E-state index contributed by atoms with van der Waals surface area (Å²) in [7, 11) is 6.15. The molecule has 59 heavy (non-hydrogen) atoms. The van der Waals surface area contributed by atoms with E-state index in [4.69, 9.17) is 18.9 Å². The van der Waals surface area contributed by atoms with Gasteiger partial charge in [-0.1, -0.05) is 37.3 Å². The van der Waals surface area contributed by atoms with Crippen molar-refractivity contribution >= 4 is 34.5 Å². The Kier molecular flexibility index (Phi) is 9.36. The van der Waals surface area contributed by atoms with E-state index < -0.39 is 57.5 Å². The number of nitrogens with one attached hydrogen (secondary N) is 1. The fourth-order valence-corrected chi connectivity index (χ4v) is 13.6. The minimum atomic E-state index is -2.30. The van der Waals surface area contributed by atoms with Gasteiger partial charge in [-0.25, -0.2) is 4.79 Å². The molecule has 2 saturated heterocycles. The average molecular weight is 811 g/mol. The van der Waals surface area contributed by atoms with E-state index in [1.165, 1.54) is 21.1 Å². The van der Waals surface area contributed by atoms with Crippen LogP contribution in [-0.4, -0.2) is 133 Å². The molecule has 3 fully saturated rings. The number of aromatic nitrogens is 1. The molecule has 1 aromatic heterocycles. The Morgan fingerprint density at radius 2 is 1.75 bits per heavy atom. The maximum absolute atomic E-state index is 15.3. The van der Waals surface area contributed by atoms with Crippen LogP contribution in [0.2, 0.25) is 0 Å². The minimum Gasteiger partial charge on any atom is -0.496 e. The van der Waals surface area contributed by atoms with Crippen LogP contribution in [0.4, 0.5) is 5.69 Å². The maximum Gasteiger partial charge on any atom is 0.344 e. The number of H-pyrrole nitrogens is 1. The van der Waals surface area contributed by atoms with Gasteiger partial charge in [0.15, 0.2) is 6.10 Å². The first kappa shape index (κ1) is 40.0. The fourth-order valence-electron chi connectivity index (χ4n) is 13.6. The van der Waals surface area contributed by atoms with E-state index in [0.29, 0.717) is 69.6 Å². The predicted octanol–water partition coefficient (Wildman–Crippen LogP) is 3.99. The van der Waals surface area contributed by atoms with Crippen molar-refractivity contribution in [1.29, 1.82) is 0 Å². The van der Waals surface area contributed by atoms with Crippen molar-refractivity contribution in [1.82, 2.24) is 14.8 Å². The zero-order valence-electron chi connectivity index (χ0n) is 35.3. The maximum atomic E-state index is 15.3. The largest absolute Gasteiger partial charge is 0.496 e. The number of benzene rings is 2. The Morgan fingerprint density at radius 1 is 0.983 bits per heavy atom. The molecule has 9 rings (SSSR count). The molecule has 0 amide bonds. The van der Waals surface area contributed by atoms with Gasteiger partial charge in [-0.2, -0.15) is 0 Å². The molecule has 1 aliphatic carbocycles. The molecule has 3 aromatic rings. The number of aromatic amines is 1. The fraction of sp³-hybridized carbons (Fsp3) is 0.587. The molecule has 5 aliphatic heterocycles. The third-order valence-electron chi connectivity index (χ3n) is 15.3. The summed E-state index contributed by atoms with van der Waals surface area (Å²) >= 11 is 0. The number of likely N-dealkylation sites (N-methyl/N-ethyl adjacent to an activating group) is 1. The first-order valence-corrected chi connectivity index (χ1v) is 21.2. The van der Waals surface area contributed by atoms with Crippen LogP contribution in [0.1, 0.15) is 75.3 Å². The van der Waals surface area contributed by atoms with Crippen molar-refractivity contribution < 1.29 is 43.5 Å². The Morgan fingerprint density at radius 3 is 2.46 bits per heavy atom. The van der Waals surface area contributed by atoms with E-state index >= 15 is 4.79 Å². The van der Waals surface area contributed by atoms with Gasteiger partial charge < -0.3 is 43.9 Å². The first-order valence-electron chi connectivity index (χ1n) is 21.2. The van der Waals surface area contributed by atoms with Gasteiger partial charge in [-0.3, -0.25) is 14.5 Å². The topological polar surface area (TPSA) is 154 Å². The number of hydrogen-bond acceptors (Lipinski definition) is 12. The summed E-state index contributed by atoms with van der Waals surface area (Å²) in [6.07, 6.45) is 6.21. The van der Waals surface area contributed by atoms with E-state index in [0.717, 1.165) is 46.4 Å². The molecule has 1 spiro atoms. The Balaban J connectivity index is 1.37. The lowest BCUT2D eigenvalue weighted by Gasteiger charge is -2.63. The Hall–Kier alpha value is -4.43. The molecule has 1 unspecified atom stereocenters. The van der Waals surface area contributed by atoms with E-state index in [1.54, 1.807) is 7.11 Å². The molecule has 3 N–H and O–H groups in total. The molecular formula is C46H58N4O9. The molecule has 0 radical (unpaired) electrons. The summed E-state index contributed by atoms with van der Waals surface area (Å²) in [5.41, 5.74) is -1.64. The lowest BCUT2D eigenvalue weighted by molar-refractivity contribution is -0.228. The lowest BCUT2D eigenvalue weighted by atomic mass is 9.47. The highest BCUT2D eigenvalue weighted by Crippen LogP contribution is 2.68. The highest BCUT2D eigenvalue weighted by Gasteiger charge is 2.80. The number of carbonyl (C=O) groups is 3. The number of piperidine rings is 1. The number of esters is 3. The third kappa shape index (κ3) is 5.32. The van der Waals surface area contributed by atoms with Crippen molar-refractivity contribution in [2.75, 3.05) is 66.0 Å². The number of methoxy groups -OCH3 is 3. The number of para-hydroxylation sites is 1. The van der Waals surface area contributed by atoms with Crippen molar-refractivity contribution in [2.24, 2.45) is 11.3 Å². The van der Waals surface area contributed by atoms with Crippen LogP contribution in [0, 0.1) is 11.3 Å². The number of nitrogens with zero attached hydrogens (tertiary/aromatic N) is 3. The third-order valence-corrected chi connectivity index (χ3v) is 15.3. The molecule has 10 atom stereocenters. The summed E-state index contributed by atoms with van der Waals surface area (Å²) in [5, 5.41) is 26.1. The second kappa shape index (κ2) is 13.8. The number of fused-ring (bicyclic) bond motifs is 6. The molecule has 2 aromatic carbocycles. The van der Waals surface area contributed by atoms with Crippen molar-refractivity contribution in [3.63, 3.8) is 0 Å². The number of carbonyl (C=O) groups excluding carboxylic acids is 3. The molecule has 6 heterocycles. The summed E-state index contributed by atoms with van der Waals surface area (Å²) in [6.45, 7) is 8.59. The van der Waals surface area contributed by atoms with Crippen LogP contribution in [0.25, 0.3) is 10.9 Å². The monoisotopic (exact) mass is 810 g/mol. The van der Waals surface area contributed by atoms with Gasteiger partial charge in [-0.15, -0.1) is 0 Å². The Bertz CT molecular complexity index is 2250. The number of hydrogen-bond donors (Lipinski definition) is 3. The second-order valence-electron chi connectivity index (χ2n) is 18.5. The van der Waals surface area contributed by atoms with Gasteiger partial charge in [0.1, 0.15) is 11.2 Å². The molecule has 1 saturated carbocycles. The molecule has 316 valence electrons. The van der Waals surface area contributed by atoms with Gasteiger partial charge >= 0.3 is 17.9 Å². The summed E-state index contributed by atoms with van der Waals surface area (Å²) in [6, 6.07) is 11.0. The van der Waals surface area contributed by atoms with E-state index in [-0.39, 0.29) is 12.0 Å². The van der Waals surface area contributed by atoms with Gasteiger partial charge in [-0.05, 0) is 87.7 Å². The zero-order valence-corrected chi connectivity index (χ0v) is 35.3. The van der Waals surface area contributed by atoms with Crippen LogP contribution in [-0.2, 0) is 45.8 Å². The quantitative estimate of drug-likeness (QED) is 0.188. The molecule has 13 heteroatoms. The van der Waals surface area contributed by atoms with Crippen LogP contribution >= 0.6 is 0 Å². The number of rotatable bonds is 6. The van der Waals surface area contributed by atoms with E-state index in [9.17, 15) is 19.8 Å². The van der Waals surface area contributed by atoms with Gasteiger partial charge in [0.2, 0.25) is 5.60 Å². The number of aryl methyl sites for hydroxylation is 1. The van der Waals surface area contributed by atoms with Crippen molar-refractivity contribution in [2.45, 2.75) is 99.5 Å². The van der Waals surface area contributed by atoms with Gasteiger partial charge in [0.05, 0.1) is 33.0 Å². The highest BCUT2D eigenvalue weighted by molar-refractivity contribution is 5.95. The van der Waals surface area contributed by atoms with Crippen molar-refractivity contribution in [3.05, 3.63) is 70.9 Å². The van der Waals surface area contributed by atoms with Crippen LogP contribution in [0.5, 0.6) is 5.75 Å². The van der Waals surface area contributed by atoms with Crippen LogP contribution in [0.15, 0.2) is 48.6 Å². The smallest absolute Gasteiger partial charge is 0.344 e. The van der Waals surface area contributed by atoms with Gasteiger partial charge in [0, 0.05) is 84.4 Å². The van der Waals surface area contributed by atoms with Gasteiger partial charge in [0.25, 0.3) is 0 Å². The molecule has 13 nitrogen and oxygen atoms in total. The standard InChI is InChI=1S/C46H58N4O9/c1-8-43-16-12-19-50-20-17-44(37(43)50)31-21-32(35(56-5)22-34(31)48(4)38(44)46(55,41(53)58-7)39(43)59-27(2)51)45(40(52)57-6)24-28-23-42(3,54)26-49(25-28)18-11-14-30-29-13-9-10-15-33(29)47-36(30)45/h9-10,12-13,15-16,21-22,28,37-39,47,54-55H,8,11,14,17-20,23-26H2,1-7H3/t28-,37-,38+,39+,42-,43+,44+,45-,46-/m0/s1. The Labute approximate surface area is 345 Å². The second-order valence-corrected chi connectivity index (χ2v) is 18.5. The van der Waals surface area contributed by atoms with Crippen molar-refractivity contribution in [3.8, 4) is 5.75 Å². The molecule has 6 aliphatic rings. The SMILES string of the molecule is CC[C@]12C=CCN3CC[C@@]4(c5cc([C@@]6(C(=O)OC)C[C@H]7CN(CCCc8c6[nH]c6ccccc86)C[C@@](C)(O)C7)c(OC)cc5N(C)[C@H]4[C@@](O)(C(=O)OC)[C@@H]1OC(C)=O)[C@@H]32. The van der Waals surface area contributed by atoms with Crippen LogP contribution in [0.3, 0.4) is 0 Å². The van der Waals surface area contributed by atoms with Crippen LogP contribution < -0.4 is 9.64 Å². The zero-order chi connectivity index (χ0) is 41.9. The first-order chi connectivity index (χ1) is 28.2. The minimum absolute atomic E-state index is 0.108. The average Bonchev–Trinajstić information content (AvgIpc) is 3.87. The predicted molar refractivity (Wildman–Crippen MR) is 220 cm³/mol. The summed E-state index contributed by atoms with van der Waals surface area (Å²) in [5.74, 6) is -1.58. The van der Waals surface area contributed by atoms with E-state index in [1.807, 2.05) is 50.1 Å². The summed E-state index contributed by atoms with van der Waals surface area (Å²) in [4.78, 5) is 53.2. The molecular weight excluding hydrogens is 753 g/mol. The normalized spacial score (nSPS) is 37.2. The highest BCUT2D eigenvalue weighted by atomic mass is 16.6. The number of aliphatic hydroxyl groups is 2. The number of ether oxygens (including phenoxy) is 4. The lowest BCUT2D eigenvalue weighted by Crippen LogP contribution is -2.81. The molecule has 2 bridgehead atoms. The van der Waals surface area contributed by atoms with E-state index in [2.05, 4.69) is 39.1 Å². The summed E-state index contributed by atoms with van der Waals surface area (Å²) < 4.78 is 23.9. The number of anilines is 1.